The third-order valence-corrected chi connectivity index (χ3v) is 2.21. The molecule has 6 nitrogen and oxygen atoms in total. The van der Waals surface area contributed by atoms with Gasteiger partial charge in [0.2, 0.25) is 0 Å². The van der Waals surface area contributed by atoms with Crippen molar-refractivity contribution in [2.24, 2.45) is 5.73 Å². The van der Waals surface area contributed by atoms with Gasteiger partial charge in [-0.2, -0.15) is 0 Å². The SMILES string of the molecule is CCOC(=O)CC(N)NC(=O)OCc1ccccc1.Cl. The molecule has 1 aromatic rings. The summed E-state index contributed by atoms with van der Waals surface area (Å²) >= 11 is 0. The predicted molar refractivity (Wildman–Crippen MR) is 76.2 cm³/mol. The molecule has 0 bridgehead atoms. The van der Waals surface area contributed by atoms with Crippen molar-refractivity contribution < 1.29 is 19.1 Å². The lowest BCUT2D eigenvalue weighted by Crippen LogP contribution is -2.43. The summed E-state index contributed by atoms with van der Waals surface area (Å²) in [6.07, 6.45) is -1.57. The minimum absolute atomic E-state index is 0. The van der Waals surface area contributed by atoms with Crippen LogP contribution in [0.5, 0.6) is 0 Å². The highest BCUT2D eigenvalue weighted by atomic mass is 35.5. The number of ether oxygens (including phenoxy) is 2. The molecule has 0 fully saturated rings. The first-order chi connectivity index (χ1) is 9.11. The topological polar surface area (TPSA) is 90.6 Å². The summed E-state index contributed by atoms with van der Waals surface area (Å²) < 4.78 is 9.67. The summed E-state index contributed by atoms with van der Waals surface area (Å²) in [6, 6.07) is 9.25. The van der Waals surface area contributed by atoms with Gasteiger partial charge in [-0.1, -0.05) is 30.3 Å². The quantitative estimate of drug-likeness (QED) is 0.615. The van der Waals surface area contributed by atoms with Gasteiger partial charge in [0.15, 0.2) is 0 Å². The summed E-state index contributed by atoms with van der Waals surface area (Å²) in [4.78, 5) is 22.5. The molecule has 20 heavy (non-hydrogen) atoms. The molecule has 112 valence electrons. The van der Waals surface area contributed by atoms with Crippen LogP contribution < -0.4 is 11.1 Å². The van der Waals surface area contributed by atoms with E-state index < -0.39 is 18.2 Å². The Morgan fingerprint density at radius 2 is 1.90 bits per heavy atom. The maximum atomic E-state index is 11.4. The molecule has 0 aliphatic carbocycles. The first-order valence-electron chi connectivity index (χ1n) is 6.00. The van der Waals surface area contributed by atoms with Crippen LogP contribution in [0.25, 0.3) is 0 Å². The van der Waals surface area contributed by atoms with Gasteiger partial charge in [0.05, 0.1) is 19.2 Å². The van der Waals surface area contributed by atoms with Crippen LogP contribution in [-0.2, 0) is 20.9 Å². The number of alkyl carbamates (subject to hydrolysis) is 1. The molecule has 0 radical (unpaired) electrons. The van der Waals surface area contributed by atoms with Gasteiger partial charge in [-0.05, 0) is 12.5 Å². The van der Waals surface area contributed by atoms with E-state index in [0.29, 0.717) is 0 Å². The number of benzene rings is 1. The average Bonchev–Trinajstić information content (AvgIpc) is 2.37. The molecule has 1 atom stereocenters. The van der Waals surface area contributed by atoms with E-state index in [-0.39, 0.29) is 32.0 Å². The number of carbonyl (C=O) groups is 2. The van der Waals surface area contributed by atoms with Crippen molar-refractivity contribution in [3.8, 4) is 0 Å². The average molecular weight is 303 g/mol. The molecule has 0 spiro atoms. The highest BCUT2D eigenvalue weighted by Crippen LogP contribution is 2.00. The largest absolute Gasteiger partial charge is 0.466 e. The number of halogens is 1. The summed E-state index contributed by atoms with van der Waals surface area (Å²) in [5, 5.41) is 2.36. The second-order valence-electron chi connectivity index (χ2n) is 3.82. The van der Waals surface area contributed by atoms with Gasteiger partial charge < -0.3 is 20.5 Å². The van der Waals surface area contributed by atoms with Crippen LogP contribution in [0.4, 0.5) is 4.79 Å². The van der Waals surface area contributed by atoms with Gasteiger partial charge in [-0.25, -0.2) is 4.79 Å². The van der Waals surface area contributed by atoms with Crippen LogP contribution in [0.1, 0.15) is 18.9 Å². The van der Waals surface area contributed by atoms with Crippen LogP contribution >= 0.6 is 12.4 Å². The fraction of sp³-hybridized carbons (Fsp3) is 0.385. The van der Waals surface area contributed by atoms with Crippen molar-refractivity contribution in [2.75, 3.05) is 6.61 Å². The molecule has 0 aromatic heterocycles. The molecule has 3 N–H and O–H groups in total. The van der Waals surface area contributed by atoms with Gasteiger partial charge in [0.25, 0.3) is 0 Å². The van der Waals surface area contributed by atoms with Crippen molar-refractivity contribution in [1.82, 2.24) is 5.32 Å². The lowest BCUT2D eigenvalue weighted by atomic mass is 10.2. The van der Waals surface area contributed by atoms with Crippen LogP contribution in [0.2, 0.25) is 0 Å². The number of nitrogens with one attached hydrogen (secondary N) is 1. The Morgan fingerprint density at radius 3 is 2.50 bits per heavy atom. The summed E-state index contributed by atoms with van der Waals surface area (Å²) in [5.74, 6) is -0.460. The number of hydrogen-bond donors (Lipinski definition) is 2. The number of carbonyl (C=O) groups excluding carboxylic acids is 2. The first-order valence-corrected chi connectivity index (χ1v) is 6.00. The van der Waals surface area contributed by atoms with Crippen molar-refractivity contribution in [2.45, 2.75) is 26.1 Å². The Labute approximate surface area is 124 Å². The third-order valence-electron chi connectivity index (χ3n) is 2.21. The molecular weight excluding hydrogens is 284 g/mol. The summed E-state index contributed by atoms with van der Waals surface area (Å²) in [7, 11) is 0. The van der Waals surface area contributed by atoms with Crippen molar-refractivity contribution in [1.29, 1.82) is 0 Å². The predicted octanol–water partition coefficient (Wildman–Crippen LogP) is 1.57. The van der Waals surface area contributed by atoms with E-state index in [4.69, 9.17) is 15.2 Å². The van der Waals surface area contributed by atoms with E-state index in [0.717, 1.165) is 5.56 Å². The Morgan fingerprint density at radius 1 is 1.25 bits per heavy atom. The zero-order chi connectivity index (χ0) is 14.1. The molecule has 0 saturated carbocycles. The molecular formula is C13H19ClN2O4. The number of nitrogens with two attached hydrogens (primary N) is 1. The van der Waals surface area contributed by atoms with E-state index >= 15 is 0 Å². The van der Waals surface area contributed by atoms with Gasteiger partial charge in [0, 0.05) is 0 Å². The van der Waals surface area contributed by atoms with Crippen LogP contribution in [0.15, 0.2) is 30.3 Å². The number of esters is 1. The zero-order valence-corrected chi connectivity index (χ0v) is 12.0. The second-order valence-corrected chi connectivity index (χ2v) is 3.82. The van der Waals surface area contributed by atoms with E-state index in [1.165, 1.54) is 0 Å². The molecule has 1 aromatic carbocycles. The maximum Gasteiger partial charge on any atom is 0.408 e. The Bertz CT molecular complexity index is 414. The fourth-order valence-electron chi connectivity index (χ4n) is 1.37. The smallest absolute Gasteiger partial charge is 0.408 e. The Kier molecular flexibility index (Phi) is 9.15. The van der Waals surface area contributed by atoms with E-state index in [9.17, 15) is 9.59 Å². The molecule has 1 unspecified atom stereocenters. The Hall–Kier alpha value is -1.79. The molecule has 0 aliphatic heterocycles. The molecule has 0 saturated heterocycles. The Balaban J connectivity index is 0.00000361. The normalized spacial score (nSPS) is 10.9. The van der Waals surface area contributed by atoms with Gasteiger partial charge in [-0.15, -0.1) is 12.4 Å². The summed E-state index contributed by atoms with van der Waals surface area (Å²) in [5.41, 5.74) is 6.43. The van der Waals surface area contributed by atoms with Crippen LogP contribution in [0, 0.1) is 0 Å². The maximum absolute atomic E-state index is 11.4. The van der Waals surface area contributed by atoms with E-state index in [1.54, 1.807) is 6.92 Å². The minimum atomic E-state index is -0.817. The number of rotatable bonds is 6. The third kappa shape index (κ3) is 7.60. The number of hydrogen-bond acceptors (Lipinski definition) is 5. The summed E-state index contributed by atoms with van der Waals surface area (Å²) in [6.45, 7) is 2.13. The molecule has 7 heteroatoms. The van der Waals surface area contributed by atoms with Crippen LogP contribution in [0.3, 0.4) is 0 Å². The highest BCUT2D eigenvalue weighted by molar-refractivity contribution is 5.85. The fourth-order valence-corrected chi connectivity index (χ4v) is 1.37. The molecule has 1 rings (SSSR count). The number of amides is 1. The second kappa shape index (κ2) is 10.1. The van der Waals surface area contributed by atoms with Crippen molar-refractivity contribution in [3.63, 3.8) is 0 Å². The van der Waals surface area contributed by atoms with Gasteiger partial charge in [-0.3, -0.25) is 4.79 Å². The zero-order valence-electron chi connectivity index (χ0n) is 11.2. The monoisotopic (exact) mass is 302 g/mol. The van der Waals surface area contributed by atoms with Gasteiger partial charge in [0.1, 0.15) is 6.61 Å². The molecule has 0 heterocycles. The molecule has 1 amide bonds. The molecule has 0 aliphatic rings. The minimum Gasteiger partial charge on any atom is -0.466 e. The van der Waals surface area contributed by atoms with Crippen LogP contribution in [-0.4, -0.2) is 24.8 Å². The lowest BCUT2D eigenvalue weighted by molar-refractivity contribution is -0.143. The van der Waals surface area contributed by atoms with Crippen molar-refractivity contribution in [3.05, 3.63) is 35.9 Å². The van der Waals surface area contributed by atoms with E-state index in [2.05, 4.69) is 5.32 Å². The van der Waals surface area contributed by atoms with Crippen molar-refractivity contribution >= 4 is 24.5 Å². The lowest BCUT2D eigenvalue weighted by Gasteiger charge is -2.13. The van der Waals surface area contributed by atoms with E-state index in [1.807, 2.05) is 30.3 Å². The standard InChI is InChI=1S/C13H18N2O4.ClH/c1-2-18-12(16)8-11(14)15-13(17)19-9-10-6-4-3-5-7-10;/h3-7,11H,2,8-9,14H2,1H3,(H,15,17);1H. The highest BCUT2D eigenvalue weighted by Gasteiger charge is 2.13. The van der Waals surface area contributed by atoms with Gasteiger partial charge >= 0.3 is 12.1 Å². The first kappa shape index (κ1) is 18.2.